The van der Waals surface area contributed by atoms with E-state index < -0.39 is 6.67 Å². The van der Waals surface area contributed by atoms with E-state index in [0.717, 1.165) is 22.2 Å². The van der Waals surface area contributed by atoms with E-state index in [-0.39, 0.29) is 6.04 Å². The quantitative estimate of drug-likeness (QED) is 0.835. The van der Waals surface area contributed by atoms with Crippen molar-refractivity contribution < 1.29 is 9.13 Å². The number of aromatic amines is 1. The zero-order chi connectivity index (χ0) is 11.5. The van der Waals surface area contributed by atoms with Crippen LogP contribution in [0.4, 0.5) is 4.39 Å². The van der Waals surface area contributed by atoms with Crippen LogP contribution in [-0.2, 0) is 0 Å². The van der Waals surface area contributed by atoms with Crippen LogP contribution in [0.3, 0.4) is 0 Å². The molecule has 3 nitrogen and oxygen atoms in total. The number of hydrogen-bond donors (Lipinski definition) is 2. The summed E-state index contributed by atoms with van der Waals surface area (Å²) in [5, 5.41) is 1.00. The van der Waals surface area contributed by atoms with Gasteiger partial charge in [-0.3, -0.25) is 4.39 Å². The molecule has 0 bridgehead atoms. The summed E-state index contributed by atoms with van der Waals surface area (Å²) in [5.41, 5.74) is 7.83. The lowest BCUT2D eigenvalue weighted by Crippen LogP contribution is -2.10. The van der Waals surface area contributed by atoms with Crippen LogP contribution in [0.15, 0.2) is 24.4 Å². The fraction of sp³-hybridized carbons (Fsp3) is 0.333. The molecule has 1 aromatic carbocycles. The smallest absolute Gasteiger partial charge is 0.119 e. The second-order valence-electron chi connectivity index (χ2n) is 3.74. The third kappa shape index (κ3) is 1.88. The summed E-state index contributed by atoms with van der Waals surface area (Å²) in [7, 11) is 1.62. The average Bonchev–Trinajstić information content (AvgIpc) is 2.71. The van der Waals surface area contributed by atoms with E-state index in [1.807, 2.05) is 24.4 Å². The van der Waals surface area contributed by atoms with E-state index in [9.17, 15) is 4.39 Å². The average molecular weight is 222 g/mol. The first-order chi connectivity index (χ1) is 7.76. The maximum absolute atomic E-state index is 12.3. The highest BCUT2D eigenvalue weighted by Gasteiger charge is 2.11. The van der Waals surface area contributed by atoms with E-state index in [1.165, 1.54) is 0 Å². The van der Waals surface area contributed by atoms with Gasteiger partial charge in [-0.1, -0.05) is 0 Å². The second kappa shape index (κ2) is 4.53. The number of hydrogen-bond acceptors (Lipinski definition) is 2. The largest absolute Gasteiger partial charge is 0.497 e. The maximum atomic E-state index is 12.3. The SMILES string of the molecule is COc1ccc2[nH]cc([C@H](N)CCF)c2c1. The Morgan fingerprint density at radius 2 is 2.31 bits per heavy atom. The van der Waals surface area contributed by atoms with Crippen LogP contribution in [-0.4, -0.2) is 18.8 Å². The summed E-state index contributed by atoms with van der Waals surface area (Å²) in [6.45, 7) is -0.405. The number of methoxy groups -OCH3 is 1. The summed E-state index contributed by atoms with van der Waals surface area (Å²) in [6, 6.07) is 5.45. The number of rotatable bonds is 4. The number of ether oxygens (including phenoxy) is 1. The van der Waals surface area contributed by atoms with Gasteiger partial charge in [-0.25, -0.2) is 0 Å². The second-order valence-corrected chi connectivity index (χ2v) is 3.74. The summed E-state index contributed by atoms with van der Waals surface area (Å²) in [4.78, 5) is 3.12. The first kappa shape index (κ1) is 11.0. The minimum Gasteiger partial charge on any atom is -0.497 e. The molecule has 0 aliphatic rings. The molecule has 0 aliphatic heterocycles. The molecule has 1 heterocycles. The van der Waals surface area contributed by atoms with E-state index in [4.69, 9.17) is 10.5 Å². The Kier molecular flexibility index (Phi) is 3.10. The number of alkyl halides is 1. The third-order valence-corrected chi connectivity index (χ3v) is 2.74. The van der Waals surface area contributed by atoms with Crippen molar-refractivity contribution in [1.29, 1.82) is 0 Å². The molecular weight excluding hydrogens is 207 g/mol. The molecule has 0 amide bonds. The third-order valence-electron chi connectivity index (χ3n) is 2.74. The summed E-state index contributed by atoms with van der Waals surface area (Å²) < 4.78 is 17.4. The number of H-pyrrole nitrogens is 1. The fourth-order valence-electron chi connectivity index (χ4n) is 1.83. The monoisotopic (exact) mass is 222 g/mol. The number of aromatic nitrogens is 1. The molecule has 2 rings (SSSR count). The molecule has 16 heavy (non-hydrogen) atoms. The van der Waals surface area contributed by atoms with Gasteiger partial charge in [0.25, 0.3) is 0 Å². The van der Waals surface area contributed by atoms with Gasteiger partial charge >= 0.3 is 0 Å². The van der Waals surface area contributed by atoms with Crippen LogP contribution >= 0.6 is 0 Å². The molecule has 3 N–H and O–H groups in total. The molecule has 1 aromatic heterocycles. The lowest BCUT2D eigenvalue weighted by atomic mass is 10.0. The molecule has 0 unspecified atom stereocenters. The summed E-state index contributed by atoms with van der Waals surface area (Å²) in [6.07, 6.45) is 2.18. The number of nitrogens with one attached hydrogen (secondary N) is 1. The fourth-order valence-corrected chi connectivity index (χ4v) is 1.83. The molecule has 2 aromatic rings. The van der Waals surface area contributed by atoms with Gasteiger partial charge in [0.05, 0.1) is 13.8 Å². The highest BCUT2D eigenvalue weighted by atomic mass is 19.1. The number of nitrogens with two attached hydrogens (primary N) is 1. The Hall–Kier alpha value is -1.55. The number of fused-ring (bicyclic) bond motifs is 1. The zero-order valence-corrected chi connectivity index (χ0v) is 9.16. The first-order valence-corrected chi connectivity index (χ1v) is 5.23. The summed E-state index contributed by atoms with van der Waals surface area (Å²) in [5.74, 6) is 0.779. The molecule has 1 atom stereocenters. The van der Waals surface area contributed by atoms with Crippen LogP contribution in [0.2, 0.25) is 0 Å². The van der Waals surface area contributed by atoms with Gasteiger partial charge in [0.2, 0.25) is 0 Å². The number of halogens is 1. The molecular formula is C12H15FN2O. The molecule has 0 saturated heterocycles. The first-order valence-electron chi connectivity index (χ1n) is 5.23. The molecule has 0 spiro atoms. The minimum atomic E-state index is -0.405. The van der Waals surface area contributed by atoms with Gasteiger partial charge in [0.15, 0.2) is 0 Å². The van der Waals surface area contributed by atoms with Gasteiger partial charge in [-0.2, -0.15) is 0 Å². The highest BCUT2D eigenvalue weighted by molar-refractivity contribution is 5.85. The van der Waals surface area contributed by atoms with Gasteiger partial charge in [0, 0.05) is 23.1 Å². The van der Waals surface area contributed by atoms with Crippen molar-refractivity contribution in [2.24, 2.45) is 5.73 Å². The van der Waals surface area contributed by atoms with E-state index >= 15 is 0 Å². The Bertz CT molecular complexity index is 481. The Labute approximate surface area is 93.4 Å². The lowest BCUT2D eigenvalue weighted by Gasteiger charge is -2.08. The van der Waals surface area contributed by atoms with Crippen LogP contribution in [0.1, 0.15) is 18.0 Å². The van der Waals surface area contributed by atoms with Crippen LogP contribution < -0.4 is 10.5 Å². The molecule has 0 aliphatic carbocycles. The van der Waals surface area contributed by atoms with Crippen LogP contribution in [0, 0.1) is 0 Å². The van der Waals surface area contributed by atoms with Crippen molar-refractivity contribution in [2.45, 2.75) is 12.5 Å². The molecule has 0 radical (unpaired) electrons. The highest BCUT2D eigenvalue weighted by Crippen LogP contribution is 2.27. The van der Waals surface area contributed by atoms with Crippen molar-refractivity contribution >= 4 is 10.9 Å². The van der Waals surface area contributed by atoms with Crippen LogP contribution in [0.5, 0.6) is 5.75 Å². The predicted molar refractivity (Wildman–Crippen MR) is 62.4 cm³/mol. The van der Waals surface area contributed by atoms with Crippen molar-refractivity contribution in [3.63, 3.8) is 0 Å². The maximum Gasteiger partial charge on any atom is 0.119 e. The Balaban J connectivity index is 2.45. The van der Waals surface area contributed by atoms with Crippen molar-refractivity contribution in [1.82, 2.24) is 4.98 Å². The van der Waals surface area contributed by atoms with Gasteiger partial charge in [0.1, 0.15) is 5.75 Å². The normalized spacial score (nSPS) is 12.9. The van der Waals surface area contributed by atoms with Crippen molar-refractivity contribution in [3.8, 4) is 5.75 Å². The molecule has 4 heteroatoms. The van der Waals surface area contributed by atoms with Crippen molar-refractivity contribution in [2.75, 3.05) is 13.8 Å². The van der Waals surface area contributed by atoms with E-state index in [1.54, 1.807) is 7.11 Å². The predicted octanol–water partition coefficient (Wildman–Crippen LogP) is 2.54. The topological polar surface area (TPSA) is 51.0 Å². The van der Waals surface area contributed by atoms with Gasteiger partial charge in [-0.15, -0.1) is 0 Å². The lowest BCUT2D eigenvalue weighted by molar-refractivity contribution is 0.415. The zero-order valence-electron chi connectivity index (χ0n) is 9.16. The van der Waals surface area contributed by atoms with Crippen molar-refractivity contribution in [3.05, 3.63) is 30.0 Å². The van der Waals surface area contributed by atoms with E-state index in [2.05, 4.69) is 4.98 Å². The van der Waals surface area contributed by atoms with Gasteiger partial charge in [-0.05, 0) is 30.2 Å². The standard InChI is InChI=1S/C12H15FN2O/c1-16-8-2-3-12-9(6-8)10(7-15-12)11(14)4-5-13/h2-3,6-7,11,15H,4-5,14H2,1H3/t11-/m1/s1. The summed E-state index contributed by atoms with van der Waals surface area (Å²) >= 11 is 0. The van der Waals surface area contributed by atoms with Gasteiger partial charge < -0.3 is 15.5 Å². The van der Waals surface area contributed by atoms with E-state index in [0.29, 0.717) is 6.42 Å². The Morgan fingerprint density at radius 1 is 1.50 bits per heavy atom. The minimum absolute atomic E-state index is 0.272. The molecule has 86 valence electrons. The number of benzene rings is 1. The molecule has 0 saturated carbocycles. The molecule has 0 fully saturated rings. The van der Waals surface area contributed by atoms with Crippen LogP contribution in [0.25, 0.3) is 10.9 Å². The Morgan fingerprint density at radius 3 is 3.00 bits per heavy atom.